The molecule has 2 aliphatic rings. The molecule has 0 aliphatic carbocycles. The summed E-state index contributed by atoms with van der Waals surface area (Å²) >= 11 is 0. The molecule has 7 heteroatoms. The molecular formula is C22H26N2O4S. The highest BCUT2D eigenvalue weighted by atomic mass is 32.2. The average Bonchev–Trinajstić information content (AvgIpc) is 2.67. The topological polar surface area (TPSA) is 75.7 Å². The van der Waals surface area contributed by atoms with Gasteiger partial charge in [-0.2, -0.15) is 0 Å². The van der Waals surface area contributed by atoms with Gasteiger partial charge in [0.15, 0.2) is 0 Å². The predicted molar refractivity (Wildman–Crippen MR) is 113 cm³/mol. The molecule has 0 aromatic heterocycles. The van der Waals surface area contributed by atoms with Gasteiger partial charge in [0, 0.05) is 24.1 Å². The Morgan fingerprint density at radius 1 is 1.10 bits per heavy atom. The molecule has 1 saturated heterocycles. The van der Waals surface area contributed by atoms with Crippen molar-refractivity contribution >= 4 is 21.6 Å². The summed E-state index contributed by atoms with van der Waals surface area (Å²) in [7, 11) is -3.26. The standard InChI is InChI=1S/C22H26N2O4S/c1-22(2)15-19(18-7-3-4-8-20(18)28-22)23-21(25)16-9-11-17(12-10-16)24-13-5-6-14-29(24,26)27/h3-4,7-12,19H,5-6,13-15H2,1-2H3,(H,23,25). The summed E-state index contributed by atoms with van der Waals surface area (Å²) in [6.45, 7) is 4.51. The van der Waals surface area contributed by atoms with Gasteiger partial charge in [0.05, 0.1) is 17.5 Å². The first kappa shape index (κ1) is 19.8. The van der Waals surface area contributed by atoms with E-state index in [0.717, 1.165) is 17.7 Å². The van der Waals surface area contributed by atoms with Crippen LogP contribution in [0.4, 0.5) is 5.69 Å². The van der Waals surface area contributed by atoms with E-state index in [9.17, 15) is 13.2 Å². The van der Waals surface area contributed by atoms with Crippen LogP contribution in [0.25, 0.3) is 0 Å². The molecule has 1 amide bonds. The number of sulfonamides is 1. The summed E-state index contributed by atoms with van der Waals surface area (Å²) in [5, 5.41) is 3.11. The quantitative estimate of drug-likeness (QED) is 0.832. The normalized spacial score (nSPS) is 22.3. The number of amides is 1. The molecule has 1 atom stereocenters. The third-order valence-corrected chi connectivity index (χ3v) is 7.32. The maximum Gasteiger partial charge on any atom is 0.251 e. The number of para-hydroxylation sites is 1. The zero-order valence-electron chi connectivity index (χ0n) is 16.7. The Balaban J connectivity index is 1.52. The molecule has 0 spiro atoms. The van der Waals surface area contributed by atoms with Crippen LogP contribution in [0.1, 0.15) is 55.1 Å². The predicted octanol–water partition coefficient (Wildman–Crippen LogP) is 3.65. The molecule has 1 unspecified atom stereocenters. The Bertz CT molecular complexity index is 1020. The summed E-state index contributed by atoms with van der Waals surface area (Å²) in [5.41, 5.74) is 1.71. The molecule has 4 rings (SSSR count). The van der Waals surface area contributed by atoms with Crippen molar-refractivity contribution in [2.45, 2.75) is 44.8 Å². The molecule has 154 valence electrons. The number of hydrogen-bond acceptors (Lipinski definition) is 4. The molecule has 0 bridgehead atoms. The number of ether oxygens (including phenoxy) is 1. The van der Waals surface area contributed by atoms with E-state index in [1.54, 1.807) is 24.3 Å². The number of fused-ring (bicyclic) bond motifs is 1. The number of anilines is 1. The zero-order chi connectivity index (χ0) is 20.6. The second-order valence-corrected chi connectivity index (χ2v) is 10.3. The van der Waals surface area contributed by atoms with Gasteiger partial charge in [-0.15, -0.1) is 0 Å². The highest BCUT2D eigenvalue weighted by molar-refractivity contribution is 7.92. The fourth-order valence-electron chi connectivity index (χ4n) is 4.03. The number of hydrogen-bond donors (Lipinski definition) is 1. The summed E-state index contributed by atoms with van der Waals surface area (Å²) in [6, 6.07) is 14.4. The van der Waals surface area contributed by atoms with Crippen LogP contribution < -0.4 is 14.4 Å². The van der Waals surface area contributed by atoms with Gasteiger partial charge in [0.1, 0.15) is 11.4 Å². The summed E-state index contributed by atoms with van der Waals surface area (Å²) in [6.07, 6.45) is 2.21. The van der Waals surface area contributed by atoms with Crippen LogP contribution in [0.3, 0.4) is 0 Å². The largest absolute Gasteiger partial charge is 0.487 e. The maximum absolute atomic E-state index is 12.9. The van der Waals surface area contributed by atoms with Gasteiger partial charge in [0.25, 0.3) is 5.91 Å². The molecule has 1 N–H and O–H groups in total. The smallest absolute Gasteiger partial charge is 0.251 e. The second-order valence-electron chi connectivity index (χ2n) is 8.27. The number of carbonyl (C=O) groups excluding carboxylic acids is 1. The van der Waals surface area contributed by atoms with E-state index in [0.29, 0.717) is 30.6 Å². The zero-order valence-corrected chi connectivity index (χ0v) is 17.5. The van der Waals surface area contributed by atoms with Crippen molar-refractivity contribution in [2.75, 3.05) is 16.6 Å². The highest BCUT2D eigenvalue weighted by Gasteiger charge is 2.34. The van der Waals surface area contributed by atoms with E-state index in [2.05, 4.69) is 5.32 Å². The first-order valence-corrected chi connectivity index (χ1v) is 11.6. The maximum atomic E-state index is 12.9. The van der Waals surface area contributed by atoms with Crippen molar-refractivity contribution < 1.29 is 17.9 Å². The minimum atomic E-state index is -3.26. The minimum absolute atomic E-state index is 0.149. The fraction of sp³-hybridized carbons (Fsp3) is 0.409. The molecule has 1 fully saturated rings. The molecule has 2 heterocycles. The number of benzene rings is 2. The molecule has 6 nitrogen and oxygen atoms in total. The lowest BCUT2D eigenvalue weighted by molar-refractivity contribution is 0.0619. The van der Waals surface area contributed by atoms with Crippen molar-refractivity contribution in [2.24, 2.45) is 0 Å². The third-order valence-electron chi connectivity index (χ3n) is 5.45. The molecule has 0 saturated carbocycles. The molecule has 2 aliphatic heterocycles. The SMILES string of the molecule is CC1(C)CC(NC(=O)c2ccc(N3CCCCS3(=O)=O)cc2)c2ccccc2O1. The molecule has 0 radical (unpaired) electrons. The third kappa shape index (κ3) is 4.10. The van der Waals surface area contributed by atoms with E-state index in [4.69, 9.17) is 4.74 Å². The Morgan fingerprint density at radius 2 is 1.83 bits per heavy atom. The van der Waals surface area contributed by atoms with Crippen LogP contribution in [-0.2, 0) is 10.0 Å². The fourth-order valence-corrected chi connectivity index (χ4v) is 5.67. The van der Waals surface area contributed by atoms with Gasteiger partial charge in [0.2, 0.25) is 10.0 Å². The van der Waals surface area contributed by atoms with Gasteiger partial charge < -0.3 is 10.1 Å². The van der Waals surface area contributed by atoms with Crippen LogP contribution in [0.15, 0.2) is 48.5 Å². The lowest BCUT2D eigenvalue weighted by Gasteiger charge is -2.37. The van der Waals surface area contributed by atoms with Crippen LogP contribution in [0, 0.1) is 0 Å². The summed E-state index contributed by atoms with van der Waals surface area (Å²) in [5.74, 6) is 0.782. The Labute approximate surface area is 171 Å². The van der Waals surface area contributed by atoms with Crippen molar-refractivity contribution in [1.82, 2.24) is 5.32 Å². The van der Waals surface area contributed by atoms with Gasteiger partial charge in [-0.05, 0) is 57.0 Å². The second kappa shape index (κ2) is 7.37. The molecule has 2 aromatic rings. The number of rotatable bonds is 3. The lowest BCUT2D eigenvalue weighted by atomic mass is 9.89. The Kier molecular flexibility index (Phi) is 5.02. The first-order valence-electron chi connectivity index (χ1n) is 9.94. The van der Waals surface area contributed by atoms with Crippen LogP contribution in [0.5, 0.6) is 5.75 Å². The van der Waals surface area contributed by atoms with Crippen LogP contribution in [0.2, 0.25) is 0 Å². The van der Waals surface area contributed by atoms with Crippen LogP contribution >= 0.6 is 0 Å². The van der Waals surface area contributed by atoms with Crippen molar-refractivity contribution in [3.63, 3.8) is 0 Å². The van der Waals surface area contributed by atoms with Gasteiger partial charge >= 0.3 is 0 Å². The average molecular weight is 415 g/mol. The lowest BCUT2D eigenvalue weighted by Crippen LogP contribution is -2.41. The highest BCUT2D eigenvalue weighted by Crippen LogP contribution is 2.39. The monoisotopic (exact) mass is 414 g/mol. The van der Waals surface area contributed by atoms with E-state index in [-0.39, 0.29) is 23.3 Å². The first-order chi connectivity index (χ1) is 13.8. The molecule has 29 heavy (non-hydrogen) atoms. The minimum Gasteiger partial charge on any atom is -0.487 e. The van der Waals surface area contributed by atoms with E-state index >= 15 is 0 Å². The van der Waals surface area contributed by atoms with Gasteiger partial charge in [-0.3, -0.25) is 9.10 Å². The van der Waals surface area contributed by atoms with Gasteiger partial charge in [-0.1, -0.05) is 18.2 Å². The van der Waals surface area contributed by atoms with E-state index in [1.807, 2.05) is 38.1 Å². The van der Waals surface area contributed by atoms with Crippen LogP contribution in [-0.4, -0.2) is 32.2 Å². The Morgan fingerprint density at radius 3 is 2.55 bits per heavy atom. The molecule has 2 aromatic carbocycles. The Hall–Kier alpha value is -2.54. The van der Waals surface area contributed by atoms with Crippen molar-refractivity contribution in [3.05, 3.63) is 59.7 Å². The van der Waals surface area contributed by atoms with Crippen molar-refractivity contribution in [1.29, 1.82) is 0 Å². The van der Waals surface area contributed by atoms with Gasteiger partial charge in [-0.25, -0.2) is 8.42 Å². The van der Waals surface area contributed by atoms with E-state index in [1.165, 1.54) is 4.31 Å². The number of nitrogens with one attached hydrogen (secondary N) is 1. The number of nitrogens with zero attached hydrogens (tertiary/aromatic N) is 1. The number of carbonyl (C=O) groups is 1. The van der Waals surface area contributed by atoms with Crippen molar-refractivity contribution in [3.8, 4) is 5.75 Å². The summed E-state index contributed by atoms with van der Waals surface area (Å²) < 4.78 is 32.0. The summed E-state index contributed by atoms with van der Waals surface area (Å²) in [4.78, 5) is 12.9. The molecular weight excluding hydrogens is 388 g/mol. The van der Waals surface area contributed by atoms with E-state index < -0.39 is 10.0 Å².